The van der Waals surface area contributed by atoms with Gasteiger partial charge in [-0.2, -0.15) is 0 Å². The first-order valence-electron chi connectivity index (χ1n) is 4.44. The van der Waals surface area contributed by atoms with E-state index in [9.17, 15) is 0 Å². The SMILES string of the molecule is CC1(c2nccs2)C2CNCC21. The predicted molar refractivity (Wildman–Crippen MR) is 49.3 cm³/mol. The van der Waals surface area contributed by atoms with Crippen molar-refractivity contribution < 1.29 is 0 Å². The van der Waals surface area contributed by atoms with Gasteiger partial charge in [-0.25, -0.2) is 4.98 Å². The second kappa shape index (κ2) is 2.09. The molecule has 1 aromatic rings. The van der Waals surface area contributed by atoms with Crippen molar-refractivity contribution in [2.45, 2.75) is 12.3 Å². The lowest BCUT2D eigenvalue weighted by atomic mass is 10.1. The Morgan fingerprint density at radius 1 is 1.58 bits per heavy atom. The van der Waals surface area contributed by atoms with Crippen LogP contribution in [0.1, 0.15) is 11.9 Å². The van der Waals surface area contributed by atoms with Crippen LogP contribution < -0.4 is 5.32 Å². The van der Waals surface area contributed by atoms with Crippen LogP contribution in [0.3, 0.4) is 0 Å². The summed E-state index contributed by atoms with van der Waals surface area (Å²) in [5, 5.41) is 6.85. The first-order valence-corrected chi connectivity index (χ1v) is 5.32. The highest BCUT2D eigenvalue weighted by Gasteiger charge is 2.65. The van der Waals surface area contributed by atoms with Crippen LogP contribution in [0.25, 0.3) is 0 Å². The van der Waals surface area contributed by atoms with Gasteiger partial charge in [0.1, 0.15) is 0 Å². The molecule has 0 radical (unpaired) electrons. The molecule has 2 atom stereocenters. The lowest BCUT2D eigenvalue weighted by molar-refractivity contribution is 0.555. The van der Waals surface area contributed by atoms with Gasteiger partial charge in [-0.3, -0.25) is 0 Å². The first-order chi connectivity index (χ1) is 5.83. The molecule has 12 heavy (non-hydrogen) atoms. The van der Waals surface area contributed by atoms with Gasteiger partial charge in [0.15, 0.2) is 0 Å². The summed E-state index contributed by atoms with van der Waals surface area (Å²) in [5.41, 5.74) is 0.430. The summed E-state index contributed by atoms with van der Waals surface area (Å²) in [6.07, 6.45) is 1.92. The van der Waals surface area contributed by atoms with E-state index < -0.39 is 0 Å². The van der Waals surface area contributed by atoms with Crippen LogP contribution in [-0.2, 0) is 5.41 Å². The number of aromatic nitrogens is 1. The third-order valence-corrected chi connectivity index (χ3v) is 4.57. The zero-order valence-electron chi connectivity index (χ0n) is 7.08. The first kappa shape index (κ1) is 7.04. The smallest absolute Gasteiger partial charge is 0.0990 e. The lowest BCUT2D eigenvalue weighted by Gasteiger charge is -2.11. The van der Waals surface area contributed by atoms with E-state index in [0.717, 1.165) is 11.8 Å². The summed E-state index contributed by atoms with van der Waals surface area (Å²) in [5.74, 6) is 1.73. The number of nitrogens with one attached hydrogen (secondary N) is 1. The molecule has 64 valence electrons. The standard InChI is InChI=1S/C9H12N2S/c1-9(8-11-2-3-12-8)6-4-10-5-7(6)9/h2-3,6-7,10H,4-5H2,1H3. The van der Waals surface area contributed by atoms with Crippen LogP contribution >= 0.6 is 11.3 Å². The zero-order valence-corrected chi connectivity index (χ0v) is 7.90. The Morgan fingerprint density at radius 3 is 2.92 bits per heavy atom. The fourth-order valence-electron chi connectivity index (χ4n) is 2.61. The van der Waals surface area contributed by atoms with Gasteiger partial charge in [0, 0.05) is 17.0 Å². The van der Waals surface area contributed by atoms with E-state index in [2.05, 4.69) is 22.6 Å². The Hall–Kier alpha value is -0.410. The minimum Gasteiger partial charge on any atom is -0.316 e. The molecule has 0 bridgehead atoms. The van der Waals surface area contributed by atoms with Gasteiger partial charge in [0.25, 0.3) is 0 Å². The maximum Gasteiger partial charge on any atom is 0.0990 e. The number of fused-ring (bicyclic) bond motifs is 1. The highest BCUT2D eigenvalue weighted by Crippen LogP contribution is 2.61. The van der Waals surface area contributed by atoms with Crippen molar-refractivity contribution in [3.63, 3.8) is 0 Å². The van der Waals surface area contributed by atoms with E-state index in [0.29, 0.717) is 5.41 Å². The molecule has 0 spiro atoms. The van der Waals surface area contributed by atoms with Crippen molar-refractivity contribution in [2.75, 3.05) is 13.1 Å². The van der Waals surface area contributed by atoms with Crippen LogP contribution in [0.5, 0.6) is 0 Å². The van der Waals surface area contributed by atoms with E-state index in [1.807, 2.05) is 17.5 Å². The fourth-order valence-corrected chi connectivity index (χ4v) is 3.54. The van der Waals surface area contributed by atoms with Gasteiger partial charge in [0.05, 0.1) is 5.01 Å². The van der Waals surface area contributed by atoms with Gasteiger partial charge in [-0.05, 0) is 24.9 Å². The third kappa shape index (κ3) is 0.666. The second-order valence-corrected chi connectivity index (χ2v) is 4.89. The molecule has 3 heteroatoms. The minimum atomic E-state index is 0.430. The summed E-state index contributed by atoms with van der Waals surface area (Å²) in [6, 6.07) is 0. The van der Waals surface area contributed by atoms with Crippen molar-refractivity contribution >= 4 is 11.3 Å². The maximum absolute atomic E-state index is 4.42. The Bertz CT molecular complexity index is 283. The number of hydrogen-bond donors (Lipinski definition) is 1. The normalized spacial score (nSPS) is 44.4. The Balaban J connectivity index is 1.96. The summed E-state index contributed by atoms with van der Waals surface area (Å²) in [6.45, 7) is 4.75. The summed E-state index contributed by atoms with van der Waals surface area (Å²) < 4.78 is 0. The largest absolute Gasteiger partial charge is 0.316 e. The fraction of sp³-hybridized carbons (Fsp3) is 0.667. The maximum atomic E-state index is 4.42. The van der Waals surface area contributed by atoms with Crippen molar-refractivity contribution in [1.29, 1.82) is 0 Å². The monoisotopic (exact) mass is 180 g/mol. The quantitative estimate of drug-likeness (QED) is 0.703. The van der Waals surface area contributed by atoms with Gasteiger partial charge in [-0.1, -0.05) is 6.92 Å². The highest BCUT2D eigenvalue weighted by atomic mass is 32.1. The van der Waals surface area contributed by atoms with E-state index in [4.69, 9.17) is 0 Å². The molecule has 1 aliphatic heterocycles. The van der Waals surface area contributed by atoms with Crippen LogP contribution in [0.2, 0.25) is 0 Å². The average molecular weight is 180 g/mol. The molecular formula is C9H12N2S. The Labute approximate surface area is 76.0 Å². The molecule has 0 amide bonds. The Kier molecular flexibility index (Phi) is 1.23. The van der Waals surface area contributed by atoms with Crippen LogP contribution in [0.15, 0.2) is 11.6 Å². The van der Waals surface area contributed by atoms with Crippen LogP contribution in [0, 0.1) is 11.8 Å². The molecule has 2 fully saturated rings. The van der Waals surface area contributed by atoms with E-state index >= 15 is 0 Å². The molecular weight excluding hydrogens is 168 g/mol. The van der Waals surface area contributed by atoms with Gasteiger partial charge < -0.3 is 5.32 Å². The molecule has 1 saturated carbocycles. The van der Waals surface area contributed by atoms with E-state index in [-0.39, 0.29) is 0 Å². The molecule has 2 aliphatic rings. The number of nitrogens with zero attached hydrogens (tertiary/aromatic N) is 1. The lowest BCUT2D eigenvalue weighted by Crippen LogP contribution is -2.22. The van der Waals surface area contributed by atoms with Crippen molar-refractivity contribution in [3.8, 4) is 0 Å². The summed E-state index contributed by atoms with van der Waals surface area (Å²) in [7, 11) is 0. The molecule has 3 rings (SSSR count). The topological polar surface area (TPSA) is 24.9 Å². The number of piperidine rings is 1. The Morgan fingerprint density at radius 2 is 2.33 bits per heavy atom. The number of hydrogen-bond acceptors (Lipinski definition) is 3. The molecule has 2 unspecified atom stereocenters. The summed E-state index contributed by atoms with van der Waals surface area (Å²) >= 11 is 1.81. The minimum absolute atomic E-state index is 0.430. The highest BCUT2D eigenvalue weighted by molar-refractivity contribution is 7.09. The van der Waals surface area contributed by atoms with E-state index in [1.54, 1.807) is 0 Å². The zero-order chi connectivity index (χ0) is 8.18. The van der Waals surface area contributed by atoms with Crippen LogP contribution in [-0.4, -0.2) is 18.1 Å². The molecule has 1 saturated heterocycles. The van der Waals surface area contributed by atoms with Crippen molar-refractivity contribution in [2.24, 2.45) is 11.8 Å². The van der Waals surface area contributed by atoms with Crippen LogP contribution in [0.4, 0.5) is 0 Å². The number of thiazole rings is 1. The van der Waals surface area contributed by atoms with Crippen molar-refractivity contribution in [3.05, 3.63) is 16.6 Å². The molecule has 1 aliphatic carbocycles. The third-order valence-electron chi connectivity index (χ3n) is 3.54. The molecule has 1 aromatic heterocycles. The molecule has 1 N–H and O–H groups in total. The molecule has 2 heterocycles. The predicted octanol–water partition coefficient (Wildman–Crippen LogP) is 1.25. The average Bonchev–Trinajstić information content (AvgIpc) is 2.62. The molecule has 2 nitrogen and oxygen atoms in total. The van der Waals surface area contributed by atoms with Gasteiger partial charge in [0.2, 0.25) is 0 Å². The van der Waals surface area contributed by atoms with Gasteiger partial charge >= 0.3 is 0 Å². The van der Waals surface area contributed by atoms with Crippen molar-refractivity contribution in [1.82, 2.24) is 10.3 Å². The number of rotatable bonds is 1. The van der Waals surface area contributed by atoms with E-state index in [1.165, 1.54) is 18.1 Å². The second-order valence-electron chi connectivity index (χ2n) is 3.99. The van der Waals surface area contributed by atoms with Gasteiger partial charge in [-0.15, -0.1) is 11.3 Å². The molecule has 0 aromatic carbocycles. The summed E-state index contributed by atoms with van der Waals surface area (Å²) in [4.78, 5) is 4.42.